The van der Waals surface area contributed by atoms with Crippen molar-refractivity contribution < 1.29 is 9.53 Å². The highest BCUT2D eigenvalue weighted by atomic mass is 16.5. The zero-order valence-electron chi connectivity index (χ0n) is 9.56. The van der Waals surface area contributed by atoms with E-state index in [9.17, 15) is 4.79 Å². The lowest BCUT2D eigenvalue weighted by atomic mass is 10.1. The number of nitrogens with one attached hydrogen (secondary N) is 1. The second-order valence-corrected chi connectivity index (χ2v) is 3.87. The van der Waals surface area contributed by atoms with Crippen LogP contribution in [0.5, 0.6) is 5.75 Å². The van der Waals surface area contributed by atoms with Crippen molar-refractivity contribution in [3.63, 3.8) is 0 Å². The number of hydrogen-bond acceptors (Lipinski definition) is 3. The quantitative estimate of drug-likeness (QED) is 0.748. The SMILES string of the molecule is NC/C=C/CNC(=O)C1Cc2ccccc2O1. The van der Waals surface area contributed by atoms with Gasteiger partial charge in [-0.1, -0.05) is 30.4 Å². The van der Waals surface area contributed by atoms with Crippen LogP contribution in [0.15, 0.2) is 36.4 Å². The third kappa shape index (κ3) is 2.85. The van der Waals surface area contributed by atoms with E-state index in [0.29, 0.717) is 19.5 Å². The van der Waals surface area contributed by atoms with Crippen LogP contribution in [-0.4, -0.2) is 25.1 Å². The minimum atomic E-state index is -0.404. The van der Waals surface area contributed by atoms with E-state index >= 15 is 0 Å². The summed E-state index contributed by atoms with van der Waals surface area (Å²) in [5.41, 5.74) is 6.39. The number of amides is 1. The summed E-state index contributed by atoms with van der Waals surface area (Å²) in [4.78, 5) is 11.8. The number of ether oxygens (including phenoxy) is 1. The molecule has 4 heteroatoms. The molecule has 3 N–H and O–H groups in total. The summed E-state index contributed by atoms with van der Waals surface area (Å²) in [6, 6.07) is 7.73. The van der Waals surface area contributed by atoms with Crippen molar-refractivity contribution in [2.24, 2.45) is 5.73 Å². The summed E-state index contributed by atoms with van der Waals surface area (Å²) < 4.78 is 5.56. The van der Waals surface area contributed by atoms with Gasteiger partial charge in [0.25, 0.3) is 5.91 Å². The van der Waals surface area contributed by atoms with Crippen molar-refractivity contribution in [1.29, 1.82) is 0 Å². The predicted octanol–water partition coefficient (Wildman–Crippen LogP) is 0.621. The van der Waals surface area contributed by atoms with Crippen LogP contribution < -0.4 is 15.8 Å². The fraction of sp³-hybridized carbons (Fsp3) is 0.308. The molecule has 1 unspecified atom stereocenters. The largest absolute Gasteiger partial charge is 0.480 e. The maximum Gasteiger partial charge on any atom is 0.261 e. The molecule has 0 spiro atoms. The number of carbonyl (C=O) groups is 1. The third-order valence-electron chi connectivity index (χ3n) is 2.64. The topological polar surface area (TPSA) is 64.3 Å². The van der Waals surface area contributed by atoms with Crippen LogP contribution in [0.25, 0.3) is 0 Å². The molecule has 1 amide bonds. The van der Waals surface area contributed by atoms with Gasteiger partial charge in [0.05, 0.1) is 0 Å². The molecule has 4 nitrogen and oxygen atoms in total. The van der Waals surface area contributed by atoms with Gasteiger partial charge in [0, 0.05) is 19.5 Å². The van der Waals surface area contributed by atoms with E-state index < -0.39 is 6.10 Å². The summed E-state index contributed by atoms with van der Waals surface area (Å²) in [7, 11) is 0. The second-order valence-electron chi connectivity index (χ2n) is 3.87. The number of hydrogen-bond donors (Lipinski definition) is 2. The Kier molecular flexibility index (Phi) is 3.77. The van der Waals surface area contributed by atoms with Crippen LogP contribution in [0.1, 0.15) is 5.56 Å². The van der Waals surface area contributed by atoms with E-state index in [1.54, 1.807) is 0 Å². The van der Waals surface area contributed by atoms with Crippen molar-refractivity contribution in [2.75, 3.05) is 13.1 Å². The number of carbonyl (C=O) groups excluding carboxylic acids is 1. The van der Waals surface area contributed by atoms with Gasteiger partial charge in [0.1, 0.15) is 5.75 Å². The third-order valence-corrected chi connectivity index (χ3v) is 2.64. The van der Waals surface area contributed by atoms with Crippen molar-refractivity contribution in [2.45, 2.75) is 12.5 Å². The van der Waals surface area contributed by atoms with Gasteiger partial charge >= 0.3 is 0 Å². The van der Waals surface area contributed by atoms with E-state index in [0.717, 1.165) is 11.3 Å². The highest BCUT2D eigenvalue weighted by molar-refractivity contribution is 5.82. The highest BCUT2D eigenvalue weighted by Crippen LogP contribution is 2.27. The average Bonchev–Trinajstić information content (AvgIpc) is 2.78. The number of para-hydroxylation sites is 1. The lowest BCUT2D eigenvalue weighted by Crippen LogP contribution is -2.37. The van der Waals surface area contributed by atoms with Gasteiger partial charge in [0.2, 0.25) is 0 Å². The molecule has 1 aromatic rings. The van der Waals surface area contributed by atoms with E-state index in [1.165, 1.54) is 0 Å². The maximum absolute atomic E-state index is 11.8. The highest BCUT2D eigenvalue weighted by Gasteiger charge is 2.28. The molecule has 1 heterocycles. The molecule has 90 valence electrons. The minimum Gasteiger partial charge on any atom is -0.480 e. The Morgan fingerprint density at radius 3 is 3.06 bits per heavy atom. The van der Waals surface area contributed by atoms with E-state index in [1.807, 2.05) is 36.4 Å². The predicted molar refractivity (Wildman–Crippen MR) is 65.8 cm³/mol. The maximum atomic E-state index is 11.8. The number of benzene rings is 1. The Balaban J connectivity index is 1.86. The molecule has 2 rings (SSSR count). The standard InChI is InChI=1S/C13H16N2O2/c14-7-3-4-8-15-13(16)12-9-10-5-1-2-6-11(10)17-12/h1-6,12H,7-9,14H2,(H,15,16)/b4-3+. The number of nitrogens with two attached hydrogens (primary N) is 1. The normalized spacial score (nSPS) is 17.8. The first-order chi connectivity index (χ1) is 8.31. The molecule has 0 fully saturated rings. The summed E-state index contributed by atoms with van der Waals surface area (Å²) in [5.74, 6) is 0.730. The van der Waals surface area contributed by atoms with Crippen molar-refractivity contribution in [3.05, 3.63) is 42.0 Å². The van der Waals surface area contributed by atoms with Crippen LogP contribution in [0.4, 0.5) is 0 Å². The van der Waals surface area contributed by atoms with Gasteiger partial charge in [-0.05, 0) is 11.6 Å². The van der Waals surface area contributed by atoms with E-state index in [2.05, 4.69) is 5.32 Å². The van der Waals surface area contributed by atoms with Crippen molar-refractivity contribution in [1.82, 2.24) is 5.32 Å². The molecular weight excluding hydrogens is 216 g/mol. The number of rotatable bonds is 4. The first-order valence-corrected chi connectivity index (χ1v) is 5.68. The van der Waals surface area contributed by atoms with Crippen LogP contribution in [0.2, 0.25) is 0 Å². The Hall–Kier alpha value is -1.81. The van der Waals surface area contributed by atoms with E-state index in [-0.39, 0.29) is 5.91 Å². The zero-order chi connectivity index (χ0) is 12.1. The lowest BCUT2D eigenvalue weighted by molar-refractivity contribution is -0.127. The molecule has 17 heavy (non-hydrogen) atoms. The zero-order valence-corrected chi connectivity index (χ0v) is 9.56. The Morgan fingerprint density at radius 2 is 2.29 bits per heavy atom. The molecule has 1 aliphatic rings. The second kappa shape index (κ2) is 5.50. The van der Waals surface area contributed by atoms with Crippen LogP contribution in [0.3, 0.4) is 0 Å². The van der Waals surface area contributed by atoms with E-state index in [4.69, 9.17) is 10.5 Å². The Morgan fingerprint density at radius 1 is 1.47 bits per heavy atom. The molecule has 0 aliphatic carbocycles. The molecule has 1 aliphatic heterocycles. The molecule has 1 atom stereocenters. The molecule has 0 aromatic heterocycles. The van der Waals surface area contributed by atoms with Crippen molar-refractivity contribution >= 4 is 5.91 Å². The molecule has 0 saturated carbocycles. The van der Waals surface area contributed by atoms with Crippen LogP contribution >= 0.6 is 0 Å². The summed E-state index contributed by atoms with van der Waals surface area (Å²) >= 11 is 0. The molecular formula is C13H16N2O2. The van der Waals surface area contributed by atoms with Gasteiger partial charge < -0.3 is 15.8 Å². The van der Waals surface area contributed by atoms with Crippen LogP contribution in [-0.2, 0) is 11.2 Å². The molecule has 0 bridgehead atoms. The lowest BCUT2D eigenvalue weighted by Gasteiger charge is -2.09. The van der Waals surface area contributed by atoms with Gasteiger partial charge in [0.15, 0.2) is 6.10 Å². The molecule has 0 radical (unpaired) electrons. The fourth-order valence-corrected chi connectivity index (χ4v) is 1.78. The summed E-state index contributed by atoms with van der Waals surface area (Å²) in [5, 5.41) is 2.79. The minimum absolute atomic E-state index is 0.0807. The molecule has 0 saturated heterocycles. The Bertz CT molecular complexity index is 404. The first-order valence-electron chi connectivity index (χ1n) is 5.68. The summed E-state index contributed by atoms with van der Waals surface area (Å²) in [6.07, 6.45) is 3.88. The van der Waals surface area contributed by atoms with Gasteiger partial charge in [-0.2, -0.15) is 0 Å². The Labute approximate surface area is 100 Å². The van der Waals surface area contributed by atoms with Gasteiger partial charge in [-0.3, -0.25) is 4.79 Å². The smallest absolute Gasteiger partial charge is 0.261 e. The first kappa shape index (κ1) is 11.7. The summed E-state index contributed by atoms with van der Waals surface area (Å²) in [6.45, 7) is 0.980. The average molecular weight is 232 g/mol. The monoisotopic (exact) mass is 232 g/mol. The number of fused-ring (bicyclic) bond motifs is 1. The van der Waals surface area contributed by atoms with Gasteiger partial charge in [-0.25, -0.2) is 0 Å². The van der Waals surface area contributed by atoms with Gasteiger partial charge in [-0.15, -0.1) is 0 Å². The van der Waals surface area contributed by atoms with Crippen molar-refractivity contribution in [3.8, 4) is 5.75 Å². The molecule has 1 aromatic carbocycles. The van der Waals surface area contributed by atoms with Crippen LogP contribution in [0, 0.1) is 0 Å². The fourth-order valence-electron chi connectivity index (χ4n) is 1.78.